The fourth-order valence-electron chi connectivity index (χ4n) is 1.72. The maximum absolute atomic E-state index is 11.7. The van der Waals surface area contributed by atoms with Crippen molar-refractivity contribution in [1.82, 2.24) is 5.32 Å². The van der Waals surface area contributed by atoms with Gasteiger partial charge in [-0.15, -0.1) is 0 Å². The average molecular weight is 304 g/mol. The van der Waals surface area contributed by atoms with Gasteiger partial charge in [0.2, 0.25) is 0 Å². The van der Waals surface area contributed by atoms with E-state index in [1.165, 1.54) is 6.26 Å². The molecule has 5 heteroatoms. The lowest BCUT2D eigenvalue weighted by atomic mass is 10.0. The maximum Gasteiger partial charge on any atom is 0.153 e. The van der Waals surface area contributed by atoms with Crippen LogP contribution in [0.5, 0.6) is 0 Å². The zero-order chi connectivity index (χ0) is 14.7. The second kappa shape index (κ2) is 6.25. The van der Waals surface area contributed by atoms with E-state index in [1.807, 2.05) is 24.3 Å². The number of rotatable bonds is 6. The summed E-state index contributed by atoms with van der Waals surface area (Å²) in [4.78, 5) is 0. The predicted molar refractivity (Wildman–Crippen MR) is 81.4 cm³/mol. The van der Waals surface area contributed by atoms with E-state index >= 15 is 0 Å². The summed E-state index contributed by atoms with van der Waals surface area (Å²) in [6.45, 7) is 5.95. The molecule has 0 bridgehead atoms. The summed E-state index contributed by atoms with van der Waals surface area (Å²) in [6, 6.07) is 7.76. The van der Waals surface area contributed by atoms with E-state index in [0.29, 0.717) is 11.6 Å². The van der Waals surface area contributed by atoms with Gasteiger partial charge >= 0.3 is 0 Å². The van der Waals surface area contributed by atoms with Gasteiger partial charge in [0.05, 0.1) is 4.75 Å². The fourth-order valence-corrected chi connectivity index (χ4v) is 2.27. The van der Waals surface area contributed by atoms with Crippen LogP contribution in [-0.2, 0) is 9.84 Å². The Labute approximate surface area is 121 Å². The third-order valence-corrected chi connectivity index (χ3v) is 5.82. The number of benzene rings is 1. The molecule has 0 heterocycles. The number of nitrogens with one attached hydrogen (secondary N) is 1. The largest absolute Gasteiger partial charge is 0.308 e. The third kappa shape index (κ3) is 4.48. The van der Waals surface area contributed by atoms with Gasteiger partial charge in [-0.3, -0.25) is 0 Å². The summed E-state index contributed by atoms with van der Waals surface area (Å²) in [6.07, 6.45) is 2.15. The second-order valence-corrected chi connectivity index (χ2v) is 8.51. The monoisotopic (exact) mass is 303 g/mol. The summed E-state index contributed by atoms with van der Waals surface area (Å²) < 4.78 is 22.6. The molecular formula is C14H22ClNO2S. The molecule has 0 fully saturated rings. The molecule has 1 aromatic carbocycles. The molecule has 0 aliphatic carbocycles. The molecule has 0 saturated heterocycles. The molecule has 1 aromatic rings. The van der Waals surface area contributed by atoms with Gasteiger partial charge in [0.15, 0.2) is 9.84 Å². The number of hydrogen-bond acceptors (Lipinski definition) is 3. The van der Waals surface area contributed by atoms with Crippen molar-refractivity contribution in [3.8, 4) is 0 Å². The first-order valence-electron chi connectivity index (χ1n) is 6.36. The van der Waals surface area contributed by atoms with Crippen LogP contribution in [-0.4, -0.2) is 26.0 Å². The molecule has 108 valence electrons. The van der Waals surface area contributed by atoms with Crippen LogP contribution in [0.4, 0.5) is 0 Å². The van der Waals surface area contributed by atoms with Crippen molar-refractivity contribution in [3.05, 3.63) is 34.9 Å². The van der Waals surface area contributed by atoms with E-state index in [-0.39, 0.29) is 6.04 Å². The average Bonchev–Trinajstić information content (AvgIpc) is 2.28. The molecule has 0 radical (unpaired) electrons. The van der Waals surface area contributed by atoms with E-state index in [4.69, 9.17) is 11.6 Å². The van der Waals surface area contributed by atoms with E-state index < -0.39 is 14.6 Å². The maximum atomic E-state index is 11.7. The highest BCUT2D eigenvalue weighted by Crippen LogP contribution is 2.22. The Bertz CT molecular complexity index is 526. The highest BCUT2D eigenvalue weighted by molar-refractivity contribution is 7.92. The Morgan fingerprint density at radius 1 is 1.37 bits per heavy atom. The fraction of sp³-hybridized carbons (Fsp3) is 0.571. The molecule has 0 spiro atoms. The quantitative estimate of drug-likeness (QED) is 0.878. The summed E-state index contributed by atoms with van der Waals surface area (Å²) in [7, 11) is -3.09. The predicted octanol–water partition coefficient (Wildman–Crippen LogP) is 3.20. The first-order valence-corrected chi connectivity index (χ1v) is 8.63. The lowest BCUT2D eigenvalue weighted by Crippen LogP contribution is -2.42. The van der Waals surface area contributed by atoms with Crippen LogP contribution < -0.4 is 5.32 Å². The minimum Gasteiger partial charge on any atom is -0.308 e. The van der Waals surface area contributed by atoms with Crippen LogP contribution in [0.15, 0.2) is 24.3 Å². The van der Waals surface area contributed by atoms with E-state index in [9.17, 15) is 8.42 Å². The zero-order valence-corrected chi connectivity index (χ0v) is 13.5. The van der Waals surface area contributed by atoms with Gasteiger partial charge in [0, 0.05) is 23.9 Å². The zero-order valence-electron chi connectivity index (χ0n) is 11.9. The molecule has 0 aromatic heterocycles. The van der Waals surface area contributed by atoms with E-state index in [1.54, 1.807) is 13.8 Å². The van der Waals surface area contributed by atoms with Gasteiger partial charge in [-0.05, 0) is 38.0 Å². The molecule has 1 atom stereocenters. The number of halogens is 1. The molecule has 3 nitrogen and oxygen atoms in total. The summed E-state index contributed by atoms with van der Waals surface area (Å²) in [5.74, 6) is 0. The normalized spacial score (nSPS) is 14.4. The molecule has 19 heavy (non-hydrogen) atoms. The van der Waals surface area contributed by atoms with Crippen LogP contribution in [0.1, 0.15) is 38.8 Å². The SMILES string of the molecule is CCC(NCC(C)(C)S(C)(=O)=O)c1cccc(Cl)c1. The first-order chi connectivity index (χ1) is 8.67. The van der Waals surface area contributed by atoms with Crippen molar-refractivity contribution in [2.45, 2.75) is 38.0 Å². The minimum atomic E-state index is -3.09. The lowest BCUT2D eigenvalue weighted by Gasteiger charge is -2.26. The highest BCUT2D eigenvalue weighted by Gasteiger charge is 2.30. The summed E-state index contributed by atoms with van der Waals surface area (Å²) >= 11 is 5.98. The Hall–Kier alpha value is -0.580. The Kier molecular flexibility index (Phi) is 5.42. The van der Waals surface area contributed by atoms with Crippen molar-refractivity contribution in [2.24, 2.45) is 0 Å². The van der Waals surface area contributed by atoms with Crippen molar-refractivity contribution in [1.29, 1.82) is 0 Å². The van der Waals surface area contributed by atoms with Crippen LogP contribution in [0, 0.1) is 0 Å². The molecular weight excluding hydrogens is 282 g/mol. The van der Waals surface area contributed by atoms with Gasteiger partial charge in [-0.25, -0.2) is 8.42 Å². The Morgan fingerprint density at radius 3 is 2.47 bits per heavy atom. The molecule has 0 aliphatic rings. The van der Waals surface area contributed by atoms with Gasteiger partial charge < -0.3 is 5.32 Å². The standard InChI is InChI=1S/C14H22ClNO2S/c1-5-13(11-7-6-8-12(15)9-11)16-10-14(2,3)19(4,17)18/h6-9,13,16H,5,10H2,1-4H3. The molecule has 0 aliphatic heterocycles. The van der Waals surface area contributed by atoms with Crippen LogP contribution in [0.25, 0.3) is 0 Å². The second-order valence-electron chi connectivity index (χ2n) is 5.43. The Balaban J connectivity index is 2.80. The first kappa shape index (κ1) is 16.5. The highest BCUT2D eigenvalue weighted by atomic mass is 35.5. The molecule has 1 N–H and O–H groups in total. The lowest BCUT2D eigenvalue weighted by molar-refractivity contribution is 0.464. The van der Waals surface area contributed by atoms with Gasteiger partial charge in [-0.1, -0.05) is 30.7 Å². The van der Waals surface area contributed by atoms with Crippen molar-refractivity contribution in [3.63, 3.8) is 0 Å². The molecule has 0 amide bonds. The number of sulfone groups is 1. The van der Waals surface area contributed by atoms with Gasteiger partial charge in [-0.2, -0.15) is 0 Å². The molecule has 0 saturated carbocycles. The van der Waals surface area contributed by atoms with Crippen molar-refractivity contribution in [2.75, 3.05) is 12.8 Å². The van der Waals surface area contributed by atoms with Crippen molar-refractivity contribution >= 4 is 21.4 Å². The topological polar surface area (TPSA) is 46.2 Å². The van der Waals surface area contributed by atoms with E-state index in [0.717, 1.165) is 12.0 Å². The molecule has 1 rings (SSSR count). The van der Waals surface area contributed by atoms with Crippen LogP contribution in [0.3, 0.4) is 0 Å². The Morgan fingerprint density at radius 2 is 2.00 bits per heavy atom. The van der Waals surface area contributed by atoms with Gasteiger partial charge in [0.1, 0.15) is 0 Å². The third-order valence-electron chi connectivity index (χ3n) is 3.44. The number of hydrogen-bond donors (Lipinski definition) is 1. The van der Waals surface area contributed by atoms with E-state index in [2.05, 4.69) is 12.2 Å². The summed E-state index contributed by atoms with van der Waals surface area (Å²) in [5, 5.41) is 4.02. The minimum absolute atomic E-state index is 0.111. The molecule has 1 unspecified atom stereocenters. The van der Waals surface area contributed by atoms with Crippen molar-refractivity contribution < 1.29 is 8.42 Å². The van der Waals surface area contributed by atoms with Crippen LogP contribution >= 0.6 is 11.6 Å². The van der Waals surface area contributed by atoms with Crippen LogP contribution in [0.2, 0.25) is 5.02 Å². The summed E-state index contributed by atoms with van der Waals surface area (Å²) in [5.41, 5.74) is 1.08. The van der Waals surface area contributed by atoms with Gasteiger partial charge in [0.25, 0.3) is 0 Å². The smallest absolute Gasteiger partial charge is 0.153 e.